The quantitative estimate of drug-likeness (QED) is 0.424. The molecule has 0 radical (unpaired) electrons. The van der Waals surface area contributed by atoms with Gasteiger partial charge in [-0.2, -0.15) is 0 Å². The van der Waals surface area contributed by atoms with Gasteiger partial charge in [-0.05, 0) is 31.0 Å². The van der Waals surface area contributed by atoms with Crippen LogP contribution < -0.4 is 0 Å². The van der Waals surface area contributed by atoms with E-state index in [0.717, 1.165) is 6.42 Å². The first-order valence-electron chi connectivity index (χ1n) is 6.44. The summed E-state index contributed by atoms with van der Waals surface area (Å²) in [5, 5.41) is 28.4. The van der Waals surface area contributed by atoms with Gasteiger partial charge >= 0.3 is 5.97 Å². The molecule has 0 aliphatic rings. The van der Waals surface area contributed by atoms with Crippen molar-refractivity contribution in [3.05, 3.63) is 29.8 Å². The molecule has 0 aromatic heterocycles. The van der Waals surface area contributed by atoms with Gasteiger partial charge < -0.3 is 20.1 Å². The van der Waals surface area contributed by atoms with E-state index < -0.39 is 23.2 Å². The molecule has 0 spiro atoms. The second-order valence-electron chi connectivity index (χ2n) is 4.77. The molecule has 5 heteroatoms. The Balaban J connectivity index is 2.90. The van der Waals surface area contributed by atoms with Crippen molar-refractivity contribution in [3.8, 4) is 17.2 Å². The van der Waals surface area contributed by atoms with Crippen LogP contribution in [0.3, 0.4) is 0 Å². The minimum Gasteiger partial charge on any atom is -0.504 e. The van der Waals surface area contributed by atoms with E-state index in [1.807, 2.05) is 6.92 Å². The second-order valence-corrected chi connectivity index (χ2v) is 4.77. The van der Waals surface area contributed by atoms with Crippen LogP contribution in [0, 0.1) is 0 Å². The largest absolute Gasteiger partial charge is 0.504 e. The van der Waals surface area contributed by atoms with E-state index in [1.54, 1.807) is 6.92 Å². The number of phenolic OH excluding ortho intramolecular Hbond substituents is 3. The molecule has 20 heavy (non-hydrogen) atoms. The monoisotopic (exact) mass is 280 g/mol. The average molecular weight is 280 g/mol. The molecule has 0 bridgehead atoms. The molecule has 110 valence electrons. The lowest BCUT2D eigenvalue weighted by atomic mass is 9.94. The number of hydrogen-bond donors (Lipinski definition) is 3. The van der Waals surface area contributed by atoms with E-state index in [4.69, 9.17) is 4.74 Å². The lowest BCUT2D eigenvalue weighted by Crippen LogP contribution is -2.13. The van der Waals surface area contributed by atoms with E-state index >= 15 is 0 Å². The molecule has 1 atom stereocenters. The lowest BCUT2D eigenvalue weighted by Gasteiger charge is -2.18. The van der Waals surface area contributed by atoms with Gasteiger partial charge in [0.2, 0.25) is 0 Å². The van der Waals surface area contributed by atoms with Crippen LogP contribution in [0.25, 0.3) is 0 Å². The van der Waals surface area contributed by atoms with E-state index in [9.17, 15) is 20.1 Å². The van der Waals surface area contributed by atoms with Crippen LogP contribution in [-0.2, 0) is 9.53 Å². The minimum absolute atomic E-state index is 0.128. The third-order valence-electron chi connectivity index (χ3n) is 2.96. The van der Waals surface area contributed by atoms with Gasteiger partial charge in [-0.25, -0.2) is 4.79 Å². The summed E-state index contributed by atoms with van der Waals surface area (Å²) in [6.45, 7) is 7.18. The van der Waals surface area contributed by atoms with Crippen molar-refractivity contribution in [2.45, 2.75) is 32.6 Å². The predicted octanol–water partition coefficient (Wildman–Crippen LogP) is 2.81. The maximum absolute atomic E-state index is 11.4. The van der Waals surface area contributed by atoms with Gasteiger partial charge in [0.25, 0.3) is 0 Å². The van der Waals surface area contributed by atoms with Gasteiger partial charge in [0.15, 0.2) is 17.2 Å². The topological polar surface area (TPSA) is 87.0 Å². The standard InChI is InChI=1S/C15H20O5/c1-4-5-10(8-20-15(19)9(2)3)11-6-12(16)14(18)13(17)7-11/h6-7,10,16-18H,2,4-5,8H2,1,3H3. The Labute approximate surface area is 118 Å². The molecule has 0 saturated carbocycles. The van der Waals surface area contributed by atoms with E-state index in [0.29, 0.717) is 17.6 Å². The van der Waals surface area contributed by atoms with Crippen molar-refractivity contribution in [3.63, 3.8) is 0 Å². The van der Waals surface area contributed by atoms with Crippen molar-refractivity contribution in [1.29, 1.82) is 0 Å². The summed E-state index contributed by atoms with van der Waals surface area (Å²) < 4.78 is 5.12. The van der Waals surface area contributed by atoms with Crippen molar-refractivity contribution < 1.29 is 24.9 Å². The van der Waals surface area contributed by atoms with Gasteiger partial charge in [0, 0.05) is 11.5 Å². The number of ether oxygens (including phenoxy) is 1. The highest BCUT2D eigenvalue weighted by molar-refractivity contribution is 5.86. The Kier molecular flexibility index (Phi) is 5.43. The van der Waals surface area contributed by atoms with E-state index in [1.165, 1.54) is 12.1 Å². The summed E-state index contributed by atoms with van der Waals surface area (Å²) >= 11 is 0. The number of rotatable bonds is 6. The number of hydrogen-bond acceptors (Lipinski definition) is 5. The lowest BCUT2D eigenvalue weighted by molar-refractivity contribution is -0.139. The molecule has 0 fully saturated rings. The zero-order valence-corrected chi connectivity index (χ0v) is 11.7. The zero-order chi connectivity index (χ0) is 15.3. The first-order chi connectivity index (χ1) is 9.36. The van der Waals surface area contributed by atoms with Gasteiger partial charge in [-0.1, -0.05) is 19.9 Å². The highest BCUT2D eigenvalue weighted by Gasteiger charge is 2.18. The molecule has 5 nitrogen and oxygen atoms in total. The molecular weight excluding hydrogens is 260 g/mol. The van der Waals surface area contributed by atoms with Crippen molar-refractivity contribution in [2.75, 3.05) is 6.61 Å². The van der Waals surface area contributed by atoms with Gasteiger partial charge in [0.05, 0.1) is 6.61 Å². The Morgan fingerprint density at radius 2 is 1.85 bits per heavy atom. The summed E-state index contributed by atoms with van der Waals surface area (Å²) in [7, 11) is 0. The molecule has 0 aliphatic carbocycles. The van der Waals surface area contributed by atoms with Crippen LogP contribution in [0.1, 0.15) is 38.2 Å². The first kappa shape index (κ1) is 15.9. The average Bonchev–Trinajstić information content (AvgIpc) is 2.39. The minimum atomic E-state index is -0.553. The van der Waals surface area contributed by atoms with Crippen LogP contribution in [0.2, 0.25) is 0 Å². The third-order valence-corrected chi connectivity index (χ3v) is 2.96. The summed E-state index contributed by atoms with van der Waals surface area (Å²) in [6, 6.07) is 2.73. The normalized spacial score (nSPS) is 11.9. The van der Waals surface area contributed by atoms with Gasteiger partial charge in [-0.3, -0.25) is 0 Å². The molecule has 0 aliphatic heterocycles. The summed E-state index contributed by atoms with van der Waals surface area (Å²) in [4.78, 5) is 11.4. The zero-order valence-electron chi connectivity index (χ0n) is 11.7. The summed E-state index contributed by atoms with van der Waals surface area (Å²) in [5.74, 6) is -1.98. The first-order valence-corrected chi connectivity index (χ1v) is 6.44. The van der Waals surface area contributed by atoms with Crippen LogP contribution in [0.15, 0.2) is 24.3 Å². The third kappa shape index (κ3) is 3.91. The molecule has 1 unspecified atom stereocenters. The van der Waals surface area contributed by atoms with Crippen LogP contribution in [0.4, 0.5) is 0 Å². The van der Waals surface area contributed by atoms with Crippen LogP contribution in [-0.4, -0.2) is 27.9 Å². The number of phenols is 3. The number of aromatic hydroxyl groups is 3. The Hall–Kier alpha value is -2.17. The van der Waals surface area contributed by atoms with Crippen molar-refractivity contribution >= 4 is 5.97 Å². The Morgan fingerprint density at radius 1 is 1.30 bits per heavy atom. The number of esters is 1. The second kappa shape index (κ2) is 6.84. The fourth-order valence-electron chi connectivity index (χ4n) is 1.86. The van der Waals surface area contributed by atoms with Crippen LogP contribution >= 0.6 is 0 Å². The molecule has 3 N–H and O–H groups in total. The SMILES string of the molecule is C=C(C)C(=O)OCC(CCC)c1cc(O)c(O)c(O)c1. The van der Waals surface area contributed by atoms with Crippen LogP contribution in [0.5, 0.6) is 17.2 Å². The number of carbonyl (C=O) groups excluding carboxylic acids is 1. The molecule has 0 amide bonds. The van der Waals surface area contributed by atoms with E-state index in [-0.39, 0.29) is 12.5 Å². The number of benzene rings is 1. The van der Waals surface area contributed by atoms with Crippen molar-refractivity contribution in [1.82, 2.24) is 0 Å². The maximum Gasteiger partial charge on any atom is 0.333 e. The Bertz CT molecular complexity index is 484. The molecular formula is C15H20O5. The fraction of sp³-hybridized carbons (Fsp3) is 0.400. The Morgan fingerprint density at radius 3 is 2.30 bits per heavy atom. The molecule has 0 heterocycles. The summed E-state index contributed by atoms with van der Waals surface area (Å²) in [6.07, 6.45) is 1.56. The fourth-order valence-corrected chi connectivity index (χ4v) is 1.86. The molecule has 0 saturated heterocycles. The summed E-state index contributed by atoms with van der Waals surface area (Å²) in [5.41, 5.74) is 0.922. The smallest absolute Gasteiger partial charge is 0.333 e. The highest BCUT2D eigenvalue weighted by Crippen LogP contribution is 2.38. The maximum atomic E-state index is 11.4. The predicted molar refractivity (Wildman–Crippen MR) is 74.9 cm³/mol. The molecule has 1 rings (SSSR count). The molecule has 1 aromatic rings. The molecule has 1 aromatic carbocycles. The van der Waals surface area contributed by atoms with Crippen molar-refractivity contribution in [2.24, 2.45) is 0 Å². The number of carbonyl (C=O) groups is 1. The van der Waals surface area contributed by atoms with Gasteiger partial charge in [0.1, 0.15) is 0 Å². The van der Waals surface area contributed by atoms with Gasteiger partial charge in [-0.15, -0.1) is 0 Å². The highest BCUT2D eigenvalue weighted by atomic mass is 16.5. The van der Waals surface area contributed by atoms with E-state index in [2.05, 4.69) is 6.58 Å².